The number of hydrogen-bond donors (Lipinski definition) is 0. The van der Waals surface area contributed by atoms with Crippen LogP contribution in [-0.2, 0) is 17.6 Å². The first-order chi connectivity index (χ1) is 12.6. The van der Waals surface area contributed by atoms with E-state index in [0.717, 1.165) is 43.1 Å². The minimum absolute atomic E-state index is 0.0595. The molecule has 0 aliphatic heterocycles. The highest BCUT2D eigenvalue weighted by atomic mass is 19.1. The third-order valence-electron chi connectivity index (χ3n) is 7.25. The van der Waals surface area contributed by atoms with Gasteiger partial charge < -0.3 is 4.74 Å². The lowest BCUT2D eigenvalue weighted by atomic mass is 9.65. The molecule has 5 atom stereocenters. The average Bonchev–Trinajstić information content (AvgIpc) is 2.65. The van der Waals surface area contributed by atoms with Gasteiger partial charge >= 0.3 is 0 Å². The fourth-order valence-electron chi connectivity index (χ4n) is 5.78. The van der Waals surface area contributed by atoms with Crippen molar-refractivity contribution in [2.45, 2.75) is 76.7 Å². The SMILES string of the molecule is C=CCOC1CCC2CC(c3cc4c(cc3F)CC(C)CC4)CCC2C1. The lowest BCUT2D eigenvalue weighted by Gasteiger charge is -2.42. The van der Waals surface area contributed by atoms with Crippen molar-refractivity contribution in [2.24, 2.45) is 17.8 Å². The van der Waals surface area contributed by atoms with Gasteiger partial charge in [-0.15, -0.1) is 6.58 Å². The highest BCUT2D eigenvalue weighted by Gasteiger charge is 2.37. The summed E-state index contributed by atoms with van der Waals surface area (Å²) >= 11 is 0. The molecule has 3 aliphatic carbocycles. The van der Waals surface area contributed by atoms with E-state index < -0.39 is 0 Å². The Hall–Kier alpha value is -1.15. The van der Waals surface area contributed by atoms with Crippen LogP contribution in [0.5, 0.6) is 0 Å². The number of ether oxygens (including phenoxy) is 1. The van der Waals surface area contributed by atoms with Crippen molar-refractivity contribution in [1.82, 2.24) is 0 Å². The van der Waals surface area contributed by atoms with Crippen LogP contribution in [0.15, 0.2) is 24.8 Å². The quantitative estimate of drug-likeness (QED) is 0.583. The lowest BCUT2D eigenvalue weighted by molar-refractivity contribution is -0.00325. The van der Waals surface area contributed by atoms with E-state index >= 15 is 0 Å². The van der Waals surface area contributed by atoms with E-state index in [1.807, 2.05) is 12.1 Å². The van der Waals surface area contributed by atoms with Crippen LogP contribution in [0.3, 0.4) is 0 Å². The van der Waals surface area contributed by atoms with E-state index in [4.69, 9.17) is 4.74 Å². The van der Waals surface area contributed by atoms with Crippen molar-refractivity contribution in [2.75, 3.05) is 6.61 Å². The molecule has 4 rings (SSSR count). The van der Waals surface area contributed by atoms with E-state index in [-0.39, 0.29) is 5.82 Å². The van der Waals surface area contributed by atoms with Gasteiger partial charge in [0.05, 0.1) is 12.7 Å². The molecule has 3 aliphatic rings. The molecule has 0 spiro atoms. The molecule has 0 radical (unpaired) electrons. The minimum atomic E-state index is 0.0595. The maximum atomic E-state index is 14.9. The third kappa shape index (κ3) is 3.76. The zero-order valence-corrected chi connectivity index (χ0v) is 16.2. The monoisotopic (exact) mass is 356 g/mol. The Kier molecular flexibility index (Phi) is 5.50. The first kappa shape index (κ1) is 18.2. The Morgan fingerprint density at radius 2 is 1.88 bits per heavy atom. The molecule has 142 valence electrons. The number of hydrogen-bond acceptors (Lipinski definition) is 1. The molecule has 0 saturated heterocycles. The van der Waals surface area contributed by atoms with Crippen molar-refractivity contribution < 1.29 is 9.13 Å². The number of aryl methyl sites for hydroxylation is 1. The van der Waals surface area contributed by atoms with Gasteiger partial charge in [0.2, 0.25) is 0 Å². The summed E-state index contributed by atoms with van der Waals surface area (Å²) < 4.78 is 20.8. The summed E-state index contributed by atoms with van der Waals surface area (Å²) in [6, 6.07) is 4.10. The molecule has 2 fully saturated rings. The second-order valence-corrected chi connectivity index (χ2v) is 9.08. The highest BCUT2D eigenvalue weighted by Crippen LogP contribution is 2.47. The Morgan fingerprint density at radius 1 is 1.08 bits per heavy atom. The molecule has 0 N–H and O–H groups in total. The molecule has 0 heterocycles. The van der Waals surface area contributed by atoms with E-state index in [1.54, 1.807) is 0 Å². The number of halogens is 1. The van der Waals surface area contributed by atoms with Crippen LogP contribution < -0.4 is 0 Å². The van der Waals surface area contributed by atoms with Gasteiger partial charge in [-0.25, -0.2) is 4.39 Å². The first-order valence-corrected chi connectivity index (χ1v) is 10.7. The molecular weight excluding hydrogens is 323 g/mol. The van der Waals surface area contributed by atoms with Gasteiger partial charge in [0.25, 0.3) is 0 Å². The van der Waals surface area contributed by atoms with Gasteiger partial charge in [0.1, 0.15) is 5.82 Å². The van der Waals surface area contributed by atoms with E-state index in [9.17, 15) is 4.39 Å². The van der Waals surface area contributed by atoms with Crippen LogP contribution in [0, 0.1) is 23.6 Å². The molecule has 0 aromatic heterocycles. The van der Waals surface area contributed by atoms with E-state index in [2.05, 4.69) is 19.6 Å². The van der Waals surface area contributed by atoms with Gasteiger partial charge in [-0.2, -0.15) is 0 Å². The topological polar surface area (TPSA) is 9.23 Å². The smallest absolute Gasteiger partial charge is 0.126 e. The summed E-state index contributed by atoms with van der Waals surface area (Å²) in [5.74, 6) is 2.71. The molecule has 0 amide bonds. The molecule has 0 bridgehead atoms. The molecule has 1 aromatic rings. The third-order valence-corrected chi connectivity index (χ3v) is 7.25. The Bertz CT molecular complexity index is 652. The molecule has 2 heteroatoms. The van der Waals surface area contributed by atoms with E-state index in [1.165, 1.54) is 43.2 Å². The number of rotatable bonds is 4. The molecule has 5 unspecified atom stereocenters. The first-order valence-electron chi connectivity index (χ1n) is 10.7. The largest absolute Gasteiger partial charge is 0.374 e. The van der Waals surface area contributed by atoms with Crippen LogP contribution in [0.4, 0.5) is 4.39 Å². The zero-order chi connectivity index (χ0) is 18.1. The van der Waals surface area contributed by atoms with Gasteiger partial charge in [-0.05, 0) is 104 Å². The fourth-order valence-corrected chi connectivity index (χ4v) is 5.78. The van der Waals surface area contributed by atoms with Crippen molar-refractivity contribution in [3.63, 3.8) is 0 Å². The van der Waals surface area contributed by atoms with Crippen molar-refractivity contribution in [3.05, 3.63) is 47.3 Å². The predicted octanol–water partition coefficient (Wildman–Crippen LogP) is 6.21. The van der Waals surface area contributed by atoms with Crippen LogP contribution in [0.1, 0.15) is 74.5 Å². The highest BCUT2D eigenvalue weighted by molar-refractivity contribution is 5.37. The van der Waals surface area contributed by atoms with Crippen LogP contribution in [-0.4, -0.2) is 12.7 Å². The van der Waals surface area contributed by atoms with Crippen LogP contribution in [0.25, 0.3) is 0 Å². The van der Waals surface area contributed by atoms with Crippen LogP contribution in [0.2, 0.25) is 0 Å². The Morgan fingerprint density at radius 3 is 2.73 bits per heavy atom. The molecule has 1 nitrogen and oxygen atoms in total. The van der Waals surface area contributed by atoms with Crippen molar-refractivity contribution in [3.8, 4) is 0 Å². The number of fused-ring (bicyclic) bond motifs is 2. The van der Waals surface area contributed by atoms with E-state index in [0.29, 0.717) is 24.5 Å². The summed E-state index contributed by atoms with van der Waals surface area (Å²) in [6.07, 6.45) is 12.8. The second kappa shape index (κ2) is 7.84. The zero-order valence-electron chi connectivity index (χ0n) is 16.2. The summed E-state index contributed by atoms with van der Waals surface area (Å²) in [6.45, 7) is 6.71. The normalized spacial score (nSPS) is 34.0. The maximum Gasteiger partial charge on any atom is 0.126 e. The standard InChI is InChI=1S/C24H33FO/c1-3-10-26-22-9-8-17-12-20(7-6-18(17)13-22)23-14-19-5-4-16(2)11-21(19)15-24(23)25/h3,14-18,20,22H,1,4-13H2,2H3. The van der Waals surface area contributed by atoms with Gasteiger partial charge in [-0.3, -0.25) is 0 Å². The average molecular weight is 357 g/mol. The predicted molar refractivity (Wildman–Crippen MR) is 105 cm³/mol. The minimum Gasteiger partial charge on any atom is -0.374 e. The molecule has 2 saturated carbocycles. The maximum absolute atomic E-state index is 14.9. The molecule has 26 heavy (non-hydrogen) atoms. The van der Waals surface area contributed by atoms with Crippen molar-refractivity contribution in [1.29, 1.82) is 0 Å². The summed E-state index contributed by atoms with van der Waals surface area (Å²) in [5, 5.41) is 0. The van der Waals surface area contributed by atoms with Gasteiger partial charge in [0.15, 0.2) is 0 Å². The lowest BCUT2D eigenvalue weighted by Crippen LogP contribution is -2.34. The fraction of sp³-hybridized carbons (Fsp3) is 0.667. The second-order valence-electron chi connectivity index (χ2n) is 9.08. The van der Waals surface area contributed by atoms with Gasteiger partial charge in [-0.1, -0.05) is 19.1 Å². The van der Waals surface area contributed by atoms with Crippen molar-refractivity contribution >= 4 is 0 Å². The number of benzene rings is 1. The summed E-state index contributed by atoms with van der Waals surface area (Å²) in [7, 11) is 0. The Labute approximate surface area is 158 Å². The molecule has 1 aromatic carbocycles. The molecular formula is C24H33FO. The Balaban J connectivity index is 1.44. The van der Waals surface area contributed by atoms with Crippen LogP contribution >= 0.6 is 0 Å². The summed E-state index contributed by atoms with van der Waals surface area (Å²) in [4.78, 5) is 0. The summed E-state index contributed by atoms with van der Waals surface area (Å²) in [5.41, 5.74) is 3.70. The van der Waals surface area contributed by atoms with Gasteiger partial charge in [0, 0.05) is 0 Å².